The Kier molecular flexibility index (Phi) is 9.38. The van der Waals surface area contributed by atoms with E-state index in [1.54, 1.807) is 25.6 Å². The Morgan fingerprint density at radius 2 is 1.79 bits per heavy atom. The van der Waals surface area contributed by atoms with Gasteiger partial charge in [0.1, 0.15) is 0 Å². The molecule has 0 spiro atoms. The number of aromatic nitrogens is 1. The highest BCUT2D eigenvalue weighted by molar-refractivity contribution is 7.99. The zero-order chi connectivity index (χ0) is 27.1. The lowest BCUT2D eigenvalue weighted by atomic mass is 9.97. The van der Waals surface area contributed by atoms with Gasteiger partial charge in [-0.05, 0) is 60.7 Å². The van der Waals surface area contributed by atoms with Crippen LogP contribution >= 0.6 is 23.4 Å². The molecule has 3 aromatic carbocycles. The number of carbonyl (C=O) groups excluding carboxylic acids is 1. The zero-order valence-electron chi connectivity index (χ0n) is 21.4. The Hall–Kier alpha value is -3.41. The van der Waals surface area contributed by atoms with Gasteiger partial charge in [-0.3, -0.25) is 9.59 Å². The fraction of sp³-hybridized carbons (Fsp3) is 0.219. The monoisotopic (exact) mass is 543 g/mol. The second-order valence-electron chi connectivity index (χ2n) is 9.39. The zero-order valence-corrected chi connectivity index (χ0v) is 23.0. The number of carboxylic acids is 1. The molecule has 4 aromatic rings. The van der Waals surface area contributed by atoms with Crippen molar-refractivity contribution in [2.45, 2.75) is 31.9 Å². The lowest BCUT2D eigenvalue weighted by Gasteiger charge is -2.19. The van der Waals surface area contributed by atoms with Gasteiger partial charge in [-0.2, -0.15) is 11.8 Å². The van der Waals surface area contributed by atoms with Crippen LogP contribution in [-0.2, 0) is 11.2 Å². The number of Topliss-reactive ketones (excluding diaryl/α,β-unsaturated/α-hetero) is 1. The Balaban J connectivity index is 1.56. The number of rotatable bonds is 11. The molecule has 0 saturated carbocycles. The van der Waals surface area contributed by atoms with Crippen molar-refractivity contribution < 1.29 is 14.7 Å². The van der Waals surface area contributed by atoms with Crippen molar-refractivity contribution in [2.24, 2.45) is 5.92 Å². The second kappa shape index (κ2) is 12.9. The number of ketones is 1. The van der Waals surface area contributed by atoms with Gasteiger partial charge in [0.2, 0.25) is 0 Å². The van der Waals surface area contributed by atoms with Crippen molar-refractivity contribution in [1.29, 1.82) is 0 Å². The van der Waals surface area contributed by atoms with Gasteiger partial charge in [0, 0.05) is 27.0 Å². The van der Waals surface area contributed by atoms with Crippen LogP contribution in [0.4, 0.5) is 0 Å². The highest BCUT2D eigenvalue weighted by atomic mass is 35.5. The number of pyridine rings is 1. The van der Waals surface area contributed by atoms with E-state index in [1.165, 1.54) is 0 Å². The van der Waals surface area contributed by atoms with Gasteiger partial charge in [-0.1, -0.05) is 85.3 Å². The van der Waals surface area contributed by atoms with Gasteiger partial charge in [0.05, 0.1) is 17.1 Å². The molecule has 1 heterocycles. The largest absolute Gasteiger partial charge is 0.481 e. The number of fused-ring (bicyclic) bond motifs is 1. The van der Waals surface area contributed by atoms with Crippen LogP contribution in [0.15, 0.2) is 78.9 Å². The van der Waals surface area contributed by atoms with Crippen LogP contribution in [0.2, 0.25) is 5.02 Å². The topological polar surface area (TPSA) is 67.3 Å². The summed E-state index contributed by atoms with van der Waals surface area (Å²) in [6, 6.07) is 25.7. The molecule has 1 aromatic heterocycles. The predicted molar refractivity (Wildman–Crippen MR) is 159 cm³/mol. The summed E-state index contributed by atoms with van der Waals surface area (Å²) in [5, 5.41) is 11.2. The van der Waals surface area contributed by atoms with Gasteiger partial charge < -0.3 is 5.11 Å². The molecule has 0 radical (unpaired) electrons. The van der Waals surface area contributed by atoms with Crippen molar-refractivity contribution in [2.75, 3.05) is 5.75 Å². The Morgan fingerprint density at radius 1 is 1.00 bits per heavy atom. The molecule has 194 valence electrons. The molecule has 38 heavy (non-hydrogen) atoms. The van der Waals surface area contributed by atoms with Crippen LogP contribution < -0.4 is 0 Å². The average Bonchev–Trinajstić information content (AvgIpc) is 2.91. The minimum absolute atomic E-state index is 0.0565. The third kappa shape index (κ3) is 7.33. The Bertz CT molecular complexity index is 1480. The minimum Gasteiger partial charge on any atom is -0.481 e. The predicted octanol–water partition coefficient (Wildman–Crippen LogP) is 8.39. The van der Waals surface area contributed by atoms with Crippen molar-refractivity contribution in [1.82, 2.24) is 4.98 Å². The normalized spacial score (nSPS) is 13.0. The van der Waals surface area contributed by atoms with E-state index in [1.807, 2.05) is 78.9 Å². The molecular weight excluding hydrogens is 514 g/mol. The molecule has 4 nitrogen and oxygen atoms in total. The van der Waals surface area contributed by atoms with Crippen LogP contribution in [-0.4, -0.2) is 27.6 Å². The van der Waals surface area contributed by atoms with Crippen LogP contribution in [0.1, 0.15) is 58.3 Å². The van der Waals surface area contributed by atoms with Crippen LogP contribution in [0.25, 0.3) is 23.1 Å². The Labute approximate surface area is 232 Å². The minimum atomic E-state index is -0.793. The van der Waals surface area contributed by atoms with Gasteiger partial charge >= 0.3 is 5.97 Å². The Morgan fingerprint density at radius 3 is 2.58 bits per heavy atom. The van der Waals surface area contributed by atoms with E-state index >= 15 is 0 Å². The molecular formula is C32H30ClNO3S. The van der Waals surface area contributed by atoms with E-state index in [-0.39, 0.29) is 11.0 Å². The maximum atomic E-state index is 12.1. The number of carbonyl (C=O) groups is 2. The summed E-state index contributed by atoms with van der Waals surface area (Å²) in [4.78, 5) is 28.3. The van der Waals surface area contributed by atoms with Crippen LogP contribution in [0.3, 0.4) is 0 Å². The van der Waals surface area contributed by atoms with Crippen molar-refractivity contribution >= 4 is 58.2 Å². The lowest BCUT2D eigenvalue weighted by Crippen LogP contribution is -2.13. The fourth-order valence-electron chi connectivity index (χ4n) is 4.29. The summed E-state index contributed by atoms with van der Waals surface area (Å²) in [5.74, 6) is -0.666. The molecule has 0 aliphatic carbocycles. The van der Waals surface area contributed by atoms with Gasteiger partial charge in [-0.15, -0.1) is 0 Å². The lowest BCUT2D eigenvalue weighted by molar-refractivity contribution is -0.140. The summed E-state index contributed by atoms with van der Waals surface area (Å²) in [7, 11) is 0. The number of aliphatic carboxylic acids is 1. The third-order valence-corrected chi connectivity index (χ3v) is 8.28. The summed E-state index contributed by atoms with van der Waals surface area (Å²) in [6.45, 7) is 3.33. The SMILES string of the molecule is CC(=O)c1ccccc1CC[C@H](SC[C@@H](C)C(=O)O)c1cccc(C=Cc2ccc3ccc(Cl)cc3n2)c1. The molecule has 0 aliphatic rings. The number of hydrogen-bond donors (Lipinski definition) is 1. The quantitative estimate of drug-likeness (QED) is 0.192. The standard InChI is InChI=1S/C32H30ClNO3S/c1-21(32(36)37)20-38-31(17-13-24-7-3-4-9-29(24)22(2)35)26-8-5-6-23(18-26)10-15-28-16-12-25-11-14-27(33)19-30(25)34-28/h3-12,14-16,18-19,21,31H,13,17,20H2,1-2H3,(H,36,37)/t21-,31+/m1/s1. The highest BCUT2D eigenvalue weighted by Gasteiger charge is 2.18. The number of hydrogen-bond acceptors (Lipinski definition) is 4. The number of benzene rings is 3. The third-order valence-electron chi connectivity index (χ3n) is 6.45. The first kappa shape index (κ1) is 27.6. The van der Waals surface area contributed by atoms with Gasteiger partial charge in [-0.25, -0.2) is 4.98 Å². The van der Waals surface area contributed by atoms with E-state index in [4.69, 9.17) is 16.6 Å². The van der Waals surface area contributed by atoms with Crippen LogP contribution in [0, 0.1) is 5.92 Å². The van der Waals surface area contributed by atoms with E-state index in [0.29, 0.717) is 10.8 Å². The molecule has 4 rings (SSSR count). The molecule has 0 bridgehead atoms. The first-order valence-corrected chi connectivity index (χ1v) is 14.0. The number of nitrogens with zero attached hydrogens (tertiary/aromatic N) is 1. The summed E-state index contributed by atoms with van der Waals surface area (Å²) >= 11 is 7.79. The number of carboxylic acid groups (broad SMARTS) is 1. The van der Waals surface area contributed by atoms with Crippen molar-refractivity contribution in [3.63, 3.8) is 0 Å². The second-order valence-corrected chi connectivity index (χ2v) is 11.1. The molecule has 6 heteroatoms. The molecule has 2 atom stereocenters. The maximum absolute atomic E-state index is 12.1. The fourth-order valence-corrected chi connectivity index (χ4v) is 5.74. The first-order valence-electron chi connectivity index (χ1n) is 12.6. The molecule has 0 unspecified atom stereocenters. The van der Waals surface area contributed by atoms with E-state index in [9.17, 15) is 14.7 Å². The number of thioether (sulfide) groups is 1. The van der Waals surface area contributed by atoms with Gasteiger partial charge in [0.15, 0.2) is 5.78 Å². The average molecular weight is 544 g/mol. The van der Waals surface area contributed by atoms with Crippen molar-refractivity contribution in [3.05, 3.63) is 112 Å². The smallest absolute Gasteiger partial charge is 0.307 e. The molecule has 0 saturated heterocycles. The van der Waals surface area contributed by atoms with Gasteiger partial charge in [0.25, 0.3) is 0 Å². The molecule has 0 amide bonds. The van der Waals surface area contributed by atoms with E-state index in [0.717, 1.165) is 51.7 Å². The summed E-state index contributed by atoms with van der Waals surface area (Å²) in [5.41, 5.74) is 5.63. The summed E-state index contributed by atoms with van der Waals surface area (Å²) < 4.78 is 0. The summed E-state index contributed by atoms with van der Waals surface area (Å²) in [6.07, 6.45) is 5.55. The number of halogens is 1. The van der Waals surface area contributed by atoms with E-state index < -0.39 is 11.9 Å². The first-order chi connectivity index (χ1) is 18.3. The number of aryl methyl sites for hydroxylation is 1. The van der Waals surface area contributed by atoms with Crippen LogP contribution in [0.5, 0.6) is 0 Å². The maximum Gasteiger partial charge on any atom is 0.307 e. The molecule has 1 N–H and O–H groups in total. The highest BCUT2D eigenvalue weighted by Crippen LogP contribution is 2.35. The molecule has 0 fully saturated rings. The molecule has 0 aliphatic heterocycles. The van der Waals surface area contributed by atoms with Crippen molar-refractivity contribution in [3.8, 4) is 0 Å². The van der Waals surface area contributed by atoms with E-state index in [2.05, 4.69) is 12.1 Å².